The Hall–Kier alpha value is -1.93. The van der Waals surface area contributed by atoms with Gasteiger partial charge in [0.1, 0.15) is 16.9 Å². The van der Waals surface area contributed by atoms with Crippen molar-refractivity contribution in [1.29, 1.82) is 0 Å². The zero-order chi connectivity index (χ0) is 16.9. The zero-order valence-electron chi connectivity index (χ0n) is 12.4. The number of alkyl carbamates (subject to hydrolysis) is 1. The van der Waals surface area contributed by atoms with Gasteiger partial charge in [-0.1, -0.05) is 11.6 Å². The van der Waals surface area contributed by atoms with Crippen molar-refractivity contribution in [3.63, 3.8) is 0 Å². The van der Waals surface area contributed by atoms with Crippen molar-refractivity contribution >= 4 is 46.0 Å². The van der Waals surface area contributed by atoms with Crippen LogP contribution in [0.5, 0.6) is 0 Å². The highest BCUT2D eigenvalue weighted by Gasteiger charge is 2.44. The van der Waals surface area contributed by atoms with Crippen molar-refractivity contribution in [3.8, 4) is 0 Å². The third kappa shape index (κ3) is 2.50. The molecule has 7 nitrogen and oxygen atoms in total. The number of ether oxygens (including phenoxy) is 1. The number of fused-ring (bicyclic) bond motifs is 1. The molecule has 2 aromatic heterocycles. The van der Waals surface area contributed by atoms with Gasteiger partial charge in [0.15, 0.2) is 11.0 Å². The van der Waals surface area contributed by atoms with Gasteiger partial charge < -0.3 is 15.0 Å². The molecular weight excluding hydrogens is 360 g/mol. The van der Waals surface area contributed by atoms with Crippen LogP contribution in [0, 0.1) is 5.82 Å². The molecule has 2 aliphatic heterocycles. The molecule has 1 unspecified atom stereocenters. The van der Waals surface area contributed by atoms with Crippen LogP contribution < -0.4 is 10.2 Å². The maximum Gasteiger partial charge on any atom is 0.407 e. The highest BCUT2D eigenvalue weighted by Crippen LogP contribution is 2.34. The summed E-state index contributed by atoms with van der Waals surface area (Å²) in [5.41, 5.74) is -0.594. The molecule has 1 N–H and O–H groups in total. The van der Waals surface area contributed by atoms with Crippen molar-refractivity contribution in [2.24, 2.45) is 0 Å². The van der Waals surface area contributed by atoms with E-state index in [-0.39, 0.29) is 16.0 Å². The Bertz CT molecular complexity index is 852. The third-order valence-corrected chi connectivity index (χ3v) is 4.73. The van der Waals surface area contributed by atoms with E-state index < -0.39 is 17.5 Å². The summed E-state index contributed by atoms with van der Waals surface area (Å²) in [4.78, 5) is 25.3. The maximum absolute atomic E-state index is 14.2. The highest BCUT2D eigenvalue weighted by atomic mass is 35.5. The lowest BCUT2D eigenvalue weighted by Crippen LogP contribution is -2.50. The first kappa shape index (κ1) is 15.6. The van der Waals surface area contributed by atoms with Crippen molar-refractivity contribution in [2.75, 3.05) is 24.5 Å². The van der Waals surface area contributed by atoms with Crippen molar-refractivity contribution < 1.29 is 13.9 Å². The quantitative estimate of drug-likeness (QED) is 0.612. The van der Waals surface area contributed by atoms with E-state index in [1.165, 1.54) is 6.20 Å². The largest absolute Gasteiger partial charge is 0.439 e. The van der Waals surface area contributed by atoms with Gasteiger partial charge in [0.2, 0.25) is 5.28 Å². The van der Waals surface area contributed by atoms with Gasteiger partial charge in [0, 0.05) is 12.7 Å². The fraction of sp³-hybridized carbons (Fsp3) is 0.429. The molecule has 126 valence electrons. The second-order valence-corrected chi connectivity index (χ2v) is 6.59. The molecule has 2 aromatic rings. The minimum absolute atomic E-state index is 0.0196. The fourth-order valence-electron chi connectivity index (χ4n) is 3.24. The van der Waals surface area contributed by atoms with E-state index in [4.69, 9.17) is 27.9 Å². The monoisotopic (exact) mass is 371 g/mol. The molecule has 0 aromatic carbocycles. The first-order valence-electron chi connectivity index (χ1n) is 7.36. The molecule has 0 bridgehead atoms. The van der Waals surface area contributed by atoms with Gasteiger partial charge in [-0.3, -0.25) is 0 Å². The van der Waals surface area contributed by atoms with Crippen LogP contribution >= 0.6 is 23.2 Å². The molecule has 1 atom stereocenters. The fourth-order valence-corrected chi connectivity index (χ4v) is 3.55. The molecule has 4 rings (SSSR count). The first-order valence-corrected chi connectivity index (χ1v) is 8.12. The van der Waals surface area contributed by atoms with Crippen LogP contribution in [0.3, 0.4) is 0 Å². The van der Waals surface area contributed by atoms with Crippen LogP contribution in [0.4, 0.5) is 15.0 Å². The Morgan fingerprint density at radius 1 is 1.38 bits per heavy atom. The number of halogens is 3. The summed E-state index contributed by atoms with van der Waals surface area (Å²) >= 11 is 11.7. The summed E-state index contributed by atoms with van der Waals surface area (Å²) in [7, 11) is 0. The van der Waals surface area contributed by atoms with E-state index in [0.717, 1.165) is 12.8 Å². The van der Waals surface area contributed by atoms with Gasteiger partial charge in [-0.25, -0.2) is 19.2 Å². The predicted octanol–water partition coefficient (Wildman–Crippen LogP) is 2.55. The average molecular weight is 372 g/mol. The number of amides is 1. The normalized spacial score (nSPS) is 23.6. The van der Waals surface area contributed by atoms with Crippen molar-refractivity contribution in [3.05, 3.63) is 22.5 Å². The van der Waals surface area contributed by atoms with E-state index in [2.05, 4.69) is 20.3 Å². The topological polar surface area (TPSA) is 80.2 Å². The standard InChI is InChI=1S/C14H12Cl2FN5O2/c15-10-8(17)9-7(4-18-10)11(21-12(16)20-9)22-3-1-2-14(6-22)5-19-13(23)24-14/h4H,1-3,5-6H2,(H,19,23). The molecular formula is C14H12Cl2FN5O2. The second kappa shape index (κ2) is 5.56. The minimum atomic E-state index is -0.736. The van der Waals surface area contributed by atoms with E-state index >= 15 is 0 Å². The smallest absolute Gasteiger partial charge is 0.407 e. The lowest BCUT2D eigenvalue weighted by molar-refractivity contribution is 0.0446. The number of aromatic nitrogens is 3. The number of rotatable bonds is 1. The van der Waals surface area contributed by atoms with Gasteiger partial charge in [-0.15, -0.1) is 0 Å². The summed E-state index contributed by atoms with van der Waals surface area (Å²) in [5.74, 6) is -0.282. The van der Waals surface area contributed by atoms with E-state index in [1.807, 2.05) is 4.90 Å². The van der Waals surface area contributed by atoms with Crippen molar-refractivity contribution in [2.45, 2.75) is 18.4 Å². The summed E-state index contributed by atoms with van der Waals surface area (Å²) in [6, 6.07) is 0. The number of hydrogen-bond acceptors (Lipinski definition) is 6. The zero-order valence-corrected chi connectivity index (χ0v) is 13.9. The molecule has 2 aliphatic rings. The van der Waals surface area contributed by atoms with Gasteiger partial charge in [-0.2, -0.15) is 4.98 Å². The van der Waals surface area contributed by atoms with Crippen LogP contribution in [-0.2, 0) is 4.74 Å². The highest BCUT2D eigenvalue weighted by molar-refractivity contribution is 6.30. The summed E-state index contributed by atoms with van der Waals surface area (Å²) in [6.45, 7) is 1.53. The molecule has 1 amide bonds. The van der Waals surface area contributed by atoms with Crippen LogP contribution in [0.1, 0.15) is 12.8 Å². The number of carbonyl (C=O) groups is 1. The third-order valence-electron chi connectivity index (χ3n) is 4.30. The van der Waals surface area contributed by atoms with Gasteiger partial charge in [-0.05, 0) is 24.4 Å². The van der Waals surface area contributed by atoms with Crippen molar-refractivity contribution in [1.82, 2.24) is 20.3 Å². The molecule has 1 spiro atoms. The SMILES string of the molecule is O=C1NCC2(CCCN(c3nc(Cl)nc4c(F)c(Cl)ncc34)C2)O1. The number of pyridine rings is 1. The Morgan fingerprint density at radius 2 is 2.21 bits per heavy atom. The number of anilines is 1. The number of hydrogen-bond donors (Lipinski definition) is 1. The van der Waals surface area contributed by atoms with Crippen LogP contribution in [0.2, 0.25) is 10.4 Å². The van der Waals surface area contributed by atoms with E-state index in [0.29, 0.717) is 30.8 Å². The first-order chi connectivity index (χ1) is 11.5. The summed E-state index contributed by atoms with van der Waals surface area (Å²) < 4.78 is 19.7. The molecule has 2 saturated heterocycles. The minimum Gasteiger partial charge on any atom is -0.439 e. The van der Waals surface area contributed by atoms with Gasteiger partial charge in [0.05, 0.1) is 18.5 Å². The molecule has 2 fully saturated rings. The molecule has 4 heterocycles. The summed E-state index contributed by atoms with van der Waals surface area (Å²) in [6.07, 6.45) is 2.54. The molecule has 0 radical (unpaired) electrons. The van der Waals surface area contributed by atoms with Gasteiger partial charge >= 0.3 is 6.09 Å². The number of nitrogens with one attached hydrogen (secondary N) is 1. The Labute approximate surface area is 146 Å². The number of piperidine rings is 1. The number of nitrogens with zero attached hydrogens (tertiary/aromatic N) is 4. The Morgan fingerprint density at radius 3 is 2.96 bits per heavy atom. The predicted molar refractivity (Wildman–Crippen MR) is 86.0 cm³/mol. The van der Waals surface area contributed by atoms with Gasteiger partial charge in [0.25, 0.3) is 0 Å². The Kier molecular flexibility index (Phi) is 3.61. The van der Waals surface area contributed by atoms with Crippen LogP contribution in [0.15, 0.2) is 6.20 Å². The molecule has 10 heteroatoms. The second-order valence-electron chi connectivity index (χ2n) is 5.89. The van der Waals surface area contributed by atoms with E-state index in [1.54, 1.807) is 0 Å². The Balaban J connectivity index is 1.78. The summed E-state index contributed by atoms with van der Waals surface area (Å²) in [5, 5.41) is 2.74. The van der Waals surface area contributed by atoms with Crippen LogP contribution in [-0.4, -0.2) is 46.3 Å². The lowest BCUT2D eigenvalue weighted by Gasteiger charge is -2.39. The van der Waals surface area contributed by atoms with E-state index in [9.17, 15) is 9.18 Å². The van der Waals surface area contributed by atoms with Crippen LogP contribution in [0.25, 0.3) is 10.9 Å². The molecule has 0 saturated carbocycles. The average Bonchev–Trinajstić information content (AvgIpc) is 2.91. The molecule has 24 heavy (non-hydrogen) atoms. The molecule has 0 aliphatic carbocycles. The number of carbonyl (C=O) groups excluding carboxylic acids is 1. The lowest BCUT2D eigenvalue weighted by atomic mass is 9.93. The maximum atomic E-state index is 14.2.